The van der Waals surface area contributed by atoms with Gasteiger partial charge in [-0.1, -0.05) is 26.7 Å². The number of nitriles is 1. The first-order valence-corrected chi connectivity index (χ1v) is 9.49. The first-order valence-electron chi connectivity index (χ1n) is 9.49. The molecule has 128 valence electrons. The molecule has 0 atom stereocenters. The Balaban J connectivity index is 1.86. The highest BCUT2D eigenvalue weighted by atomic mass is 15.0. The molecule has 1 heterocycles. The minimum atomic E-state index is 0.550. The van der Waals surface area contributed by atoms with Gasteiger partial charge in [-0.25, -0.2) is 0 Å². The highest BCUT2D eigenvalue weighted by Gasteiger charge is 2.31. The molecule has 0 saturated heterocycles. The van der Waals surface area contributed by atoms with E-state index in [-0.39, 0.29) is 0 Å². The molecular weight excluding hydrogens is 292 g/mol. The number of nitrogens with zero attached hydrogens (tertiary/aromatic N) is 2. The number of unbranched alkanes of at least 4 members (excludes halogenated alkanes) is 1. The Hall–Kier alpha value is -1.75. The van der Waals surface area contributed by atoms with Gasteiger partial charge in [-0.15, -0.1) is 0 Å². The summed E-state index contributed by atoms with van der Waals surface area (Å²) in [6.45, 7) is 9.00. The number of hydrogen-bond acceptors (Lipinski definition) is 1. The summed E-state index contributed by atoms with van der Waals surface area (Å²) in [4.78, 5) is 0. The molecule has 1 aromatic carbocycles. The van der Waals surface area contributed by atoms with Gasteiger partial charge in [-0.05, 0) is 74.6 Å². The van der Waals surface area contributed by atoms with Crippen molar-refractivity contribution < 1.29 is 0 Å². The van der Waals surface area contributed by atoms with E-state index < -0.39 is 0 Å². The first-order chi connectivity index (χ1) is 11.5. The molecule has 24 heavy (non-hydrogen) atoms. The third-order valence-corrected chi connectivity index (χ3v) is 6.19. The van der Waals surface area contributed by atoms with Crippen LogP contribution in [0.15, 0.2) is 18.3 Å². The molecule has 2 nitrogen and oxygen atoms in total. The molecule has 0 bridgehead atoms. The van der Waals surface area contributed by atoms with Gasteiger partial charge in [0.1, 0.15) is 0 Å². The smallest absolute Gasteiger partial charge is 0.0994 e. The van der Waals surface area contributed by atoms with Crippen LogP contribution >= 0.6 is 0 Å². The van der Waals surface area contributed by atoms with Gasteiger partial charge < -0.3 is 4.57 Å². The van der Waals surface area contributed by atoms with Gasteiger partial charge in [-0.3, -0.25) is 0 Å². The molecule has 1 aliphatic carbocycles. The molecule has 0 amide bonds. The number of benzene rings is 1. The zero-order valence-corrected chi connectivity index (χ0v) is 15.7. The van der Waals surface area contributed by atoms with E-state index in [1.165, 1.54) is 61.4 Å². The van der Waals surface area contributed by atoms with Gasteiger partial charge in [-0.2, -0.15) is 5.26 Å². The largest absolute Gasteiger partial charge is 0.344 e. The average Bonchev–Trinajstić information content (AvgIpc) is 2.89. The Labute approximate surface area is 146 Å². The molecule has 0 N–H and O–H groups in total. The van der Waals surface area contributed by atoms with E-state index in [1.54, 1.807) is 0 Å². The number of fused-ring (bicyclic) bond motifs is 1. The maximum atomic E-state index is 9.30. The van der Waals surface area contributed by atoms with Gasteiger partial charge in [0.25, 0.3) is 0 Å². The van der Waals surface area contributed by atoms with Crippen LogP contribution in [-0.4, -0.2) is 4.57 Å². The number of hydrogen-bond donors (Lipinski definition) is 0. The fourth-order valence-corrected chi connectivity index (χ4v) is 4.42. The van der Waals surface area contributed by atoms with Gasteiger partial charge in [0.2, 0.25) is 0 Å². The van der Waals surface area contributed by atoms with Crippen molar-refractivity contribution in [3.8, 4) is 6.07 Å². The topological polar surface area (TPSA) is 28.7 Å². The standard InChI is InChI=1S/C22H30N2/c1-5-6-9-22(4)10-7-19(8-11-22)24-15-17(3)20-13-18(14-23)16(2)12-21(20)24/h12-13,15,19H,5-11H2,1-4H3. The minimum absolute atomic E-state index is 0.550. The van der Waals surface area contributed by atoms with Crippen molar-refractivity contribution in [1.29, 1.82) is 5.26 Å². The number of aromatic nitrogens is 1. The van der Waals surface area contributed by atoms with Crippen LogP contribution in [0.3, 0.4) is 0 Å². The predicted molar refractivity (Wildman–Crippen MR) is 101 cm³/mol. The van der Waals surface area contributed by atoms with Crippen LogP contribution < -0.4 is 0 Å². The molecule has 0 radical (unpaired) electrons. The average molecular weight is 322 g/mol. The van der Waals surface area contributed by atoms with Crippen LogP contribution in [0.4, 0.5) is 0 Å². The second kappa shape index (κ2) is 6.63. The molecule has 0 spiro atoms. The van der Waals surface area contributed by atoms with Gasteiger partial charge in [0.05, 0.1) is 11.6 Å². The number of rotatable bonds is 4. The van der Waals surface area contributed by atoms with Crippen LogP contribution in [0.2, 0.25) is 0 Å². The lowest BCUT2D eigenvalue weighted by atomic mass is 9.71. The SMILES string of the molecule is CCCCC1(C)CCC(n2cc(C)c3cc(C#N)c(C)cc32)CC1. The van der Waals surface area contributed by atoms with Crippen LogP contribution in [0, 0.1) is 30.6 Å². The summed E-state index contributed by atoms with van der Waals surface area (Å²) >= 11 is 0. The van der Waals surface area contributed by atoms with E-state index in [0.29, 0.717) is 11.5 Å². The minimum Gasteiger partial charge on any atom is -0.344 e. The maximum absolute atomic E-state index is 9.30. The summed E-state index contributed by atoms with van der Waals surface area (Å²) in [5.41, 5.74) is 5.05. The third-order valence-electron chi connectivity index (χ3n) is 6.19. The van der Waals surface area contributed by atoms with Crippen molar-refractivity contribution in [3.63, 3.8) is 0 Å². The summed E-state index contributed by atoms with van der Waals surface area (Å²) in [7, 11) is 0. The zero-order chi connectivity index (χ0) is 17.3. The molecule has 3 rings (SSSR count). The molecular formula is C22H30N2. The van der Waals surface area contributed by atoms with Crippen molar-refractivity contribution in [3.05, 3.63) is 35.0 Å². The summed E-state index contributed by atoms with van der Waals surface area (Å²) in [6.07, 6.45) is 11.6. The Morgan fingerprint density at radius 2 is 1.92 bits per heavy atom. The zero-order valence-electron chi connectivity index (χ0n) is 15.7. The molecule has 1 aromatic heterocycles. The normalized spacial score (nSPS) is 24.2. The second-order valence-electron chi connectivity index (χ2n) is 8.16. The Bertz CT molecular complexity index is 767. The second-order valence-corrected chi connectivity index (χ2v) is 8.16. The summed E-state index contributed by atoms with van der Waals surface area (Å²) in [5, 5.41) is 10.5. The van der Waals surface area contributed by atoms with Gasteiger partial charge >= 0.3 is 0 Å². The fourth-order valence-electron chi connectivity index (χ4n) is 4.42. The first kappa shape index (κ1) is 17.1. The van der Waals surface area contributed by atoms with Crippen LogP contribution in [0.1, 0.15) is 81.5 Å². The van der Waals surface area contributed by atoms with Crippen LogP contribution in [0.5, 0.6) is 0 Å². The highest BCUT2D eigenvalue weighted by molar-refractivity contribution is 5.86. The summed E-state index contributed by atoms with van der Waals surface area (Å²) in [5.74, 6) is 0. The van der Waals surface area contributed by atoms with Crippen LogP contribution in [-0.2, 0) is 0 Å². The van der Waals surface area contributed by atoms with E-state index in [4.69, 9.17) is 0 Å². The van der Waals surface area contributed by atoms with E-state index in [1.807, 2.05) is 6.92 Å². The van der Waals surface area contributed by atoms with E-state index in [2.05, 4.69) is 49.7 Å². The lowest BCUT2D eigenvalue weighted by Crippen LogP contribution is -2.26. The fraction of sp³-hybridized carbons (Fsp3) is 0.591. The molecule has 1 fully saturated rings. The quantitative estimate of drug-likeness (QED) is 0.636. The van der Waals surface area contributed by atoms with Crippen molar-refractivity contribution in [2.75, 3.05) is 0 Å². The molecule has 0 aliphatic heterocycles. The van der Waals surface area contributed by atoms with E-state index in [9.17, 15) is 5.26 Å². The van der Waals surface area contributed by atoms with Crippen molar-refractivity contribution in [2.45, 2.75) is 78.7 Å². The van der Waals surface area contributed by atoms with Crippen molar-refractivity contribution in [1.82, 2.24) is 4.57 Å². The Kier molecular flexibility index (Phi) is 4.72. The van der Waals surface area contributed by atoms with Crippen LogP contribution in [0.25, 0.3) is 10.9 Å². The number of aryl methyl sites for hydroxylation is 2. The lowest BCUT2D eigenvalue weighted by Gasteiger charge is -2.38. The third kappa shape index (κ3) is 3.09. The van der Waals surface area contributed by atoms with E-state index in [0.717, 1.165) is 11.1 Å². The van der Waals surface area contributed by atoms with Crippen molar-refractivity contribution in [2.24, 2.45) is 5.41 Å². The van der Waals surface area contributed by atoms with E-state index >= 15 is 0 Å². The Morgan fingerprint density at radius 3 is 2.54 bits per heavy atom. The molecule has 1 saturated carbocycles. The Morgan fingerprint density at radius 1 is 1.21 bits per heavy atom. The monoisotopic (exact) mass is 322 g/mol. The highest BCUT2D eigenvalue weighted by Crippen LogP contribution is 2.45. The van der Waals surface area contributed by atoms with Gasteiger partial charge in [0, 0.05) is 23.1 Å². The summed E-state index contributed by atoms with van der Waals surface area (Å²) < 4.78 is 2.50. The predicted octanol–water partition coefficient (Wildman–Crippen LogP) is 6.44. The summed E-state index contributed by atoms with van der Waals surface area (Å²) in [6, 6.07) is 7.23. The van der Waals surface area contributed by atoms with Crippen molar-refractivity contribution >= 4 is 10.9 Å². The molecule has 0 unspecified atom stereocenters. The molecule has 2 aromatic rings. The van der Waals surface area contributed by atoms with Gasteiger partial charge in [0.15, 0.2) is 0 Å². The molecule has 1 aliphatic rings. The lowest BCUT2D eigenvalue weighted by molar-refractivity contribution is 0.158. The molecule has 2 heteroatoms. The maximum Gasteiger partial charge on any atom is 0.0994 e.